The van der Waals surface area contributed by atoms with E-state index in [1.807, 2.05) is 18.2 Å². The Hall–Kier alpha value is -1.22. The van der Waals surface area contributed by atoms with Gasteiger partial charge in [0.15, 0.2) is 0 Å². The SMILES string of the molecule is NCC1CCC(C(=O)Cc2ccccn2)CC1. The summed E-state index contributed by atoms with van der Waals surface area (Å²) in [5, 5.41) is 0. The van der Waals surface area contributed by atoms with E-state index in [9.17, 15) is 4.79 Å². The van der Waals surface area contributed by atoms with Crippen molar-refractivity contribution in [2.24, 2.45) is 17.6 Å². The van der Waals surface area contributed by atoms with Gasteiger partial charge in [0.1, 0.15) is 5.78 Å². The Morgan fingerprint density at radius 2 is 2.06 bits per heavy atom. The van der Waals surface area contributed by atoms with Crippen LogP contribution >= 0.6 is 0 Å². The highest BCUT2D eigenvalue weighted by Crippen LogP contribution is 2.29. The molecule has 0 unspecified atom stereocenters. The molecular formula is C14H20N2O. The highest BCUT2D eigenvalue weighted by Gasteiger charge is 2.25. The standard InChI is InChI=1S/C14H20N2O/c15-10-11-4-6-12(7-5-11)14(17)9-13-3-1-2-8-16-13/h1-3,8,11-12H,4-7,9-10,15H2. The first-order chi connectivity index (χ1) is 8.29. The molecule has 1 aliphatic rings. The Morgan fingerprint density at radius 3 is 2.65 bits per heavy atom. The van der Waals surface area contributed by atoms with Crippen molar-refractivity contribution < 1.29 is 4.79 Å². The molecule has 0 aromatic carbocycles. The largest absolute Gasteiger partial charge is 0.330 e. The van der Waals surface area contributed by atoms with E-state index in [0.717, 1.165) is 37.9 Å². The summed E-state index contributed by atoms with van der Waals surface area (Å²) in [5.41, 5.74) is 6.54. The van der Waals surface area contributed by atoms with E-state index >= 15 is 0 Å². The summed E-state index contributed by atoms with van der Waals surface area (Å²) >= 11 is 0. The van der Waals surface area contributed by atoms with Gasteiger partial charge in [-0.2, -0.15) is 0 Å². The van der Waals surface area contributed by atoms with Gasteiger partial charge < -0.3 is 5.73 Å². The summed E-state index contributed by atoms with van der Waals surface area (Å²) in [6, 6.07) is 5.73. The zero-order valence-corrected chi connectivity index (χ0v) is 10.1. The molecule has 92 valence electrons. The van der Waals surface area contributed by atoms with Gasteiger partial charge in [-0.15, -0.1) is 0 Å². The Bertz CT molecular complexity index is 356. The summed E-state index contributed by atoms with van der Waals surface area (Å²) < 4.78 is 0. The highest BCUT2D eigenvalue weighted by atomic mass is 16.1. The summed E-state index contributed by atoms with van der Waals surface area (Å²) in [6.07, 6.45) is 6.46. The molecule has 0 radical (unpaired) electrons. The molecule has 0 atom stereocenters. The predicted octanol–water partition coefficient (Wildman–Crippen LogP) is 1.96. The molecule has 1 aromatic heterocycles. The van der Waals surface area contributed by atoms with Crippen molar-refractivity contribution in [1.82, 2.24) is 4.98 Å². The van der Waals surface area contributed by atoms with Gasteiger partial charge in [0, 0.05) is 24.2 Å². The van der Waals surface area contributed by atoms with Crippen molar-refractivity contribution >= 4 is 5.78 Å². The Balaban J connectivity index is 1.85. The second-order valence-electron chi connectivity index (χ2n) is 4.92. The average molecular weight is 232 g/mol. The van der Waals surface area contributed by atoms with Crippen LogP contribution in [0.25, 0.3) is 0 Å². The molecule has 3 nitrogen and oxygen atoms in total. The molecule has 1 heterocycles. The molecule has 1 aromatic rings. The van der Waals surface area contributed by atoms with E-state index in [2.05, 4.69) is 4.98 Å². The van der Waals surface area contributed by atoms with Crippen molar-refractivity contribution in [2.45, 2.75) is 32.1 Å². The minimum atomic E-state index is 0.236. The molecule has 0 bridgehead atoms. The van der Waals surface area contributed by atoms with Crippen molar-refractivity contribution in [2.75, 3.05) is 6.54 Å². The fraction of sp³-hybridized carbons (Fsp3) is 0.571. The molecule has 0 saturated heterocycles. The third-order valence-electron chi connectivity index (χ3n) is 3.72. The highest BCUT2D eigenvalue weighted by molar-refractivity contribution is 5.82. The van der Waals surface area contributed by atoms with Crippen LogP contribution in [0.15, 0.2) is 24.4 Å². The molecule has 1 aliphatic carbocycles. The summed E-state index contributed by atoms with van der Waals surface area (Å²) in [6.45, 7) is 0.765. The molecule has 2 rings (SSSR count). The summed E-state index contributed by atoms with van der Waals surface area (Å²) in [7, 11) is 0. The zero-order valence-electron chi connectivity index (χ0n) is 10.1. The van der Waals surface area contributed by atoms with Gasteiger partial charge >= 0.3 is 0 Å². The van der Waals surface area contributed by atoms with E-state index in [4.69, 9.17) is 5.73 Å². The lowest BCUT2D eigenvalue weighted by Gasteiger charge is -2.26. The first-order valence-corrected chi connectivity index (χ1v) is 6.42. The number of ketones is 1. The third kappa shape index (κ3) is 3.37. The number of nitrogens with zero attached hydrogens (tertiary/aromatic N) is 1. The number of Topliss-reactive ketones (excluding diaryl/α,β-unsaturated/α-hetero) is 1. The monoisotopic (exact) mass is 232 g/mol. The number of carbonyl (C=O) groups excluding carboxylic acids is 1. The molecule has 0 aliphatic heterocycles. The van der Waals surface area contributed by atoms with Gasteiger partial charge in [0.05, 0.1) is 0 Å². The normalized spacial score (nSPS) is 24.5. The maximum absolute atomic E-state index is 12.1. The molecule has 2 N–H and O–H groups in total. The first-order valence-electron chi connectivity index (χ1n) is 6.42. The van der Waals surface area contributed by atoms with E-state index in [1.54, 1.807) is 6.20 Å². The molecule has 0 amide bonds. The summed E-state index contributed by atoms with van der Waals surface area (Å²) in [5.74, 6) is 1.22. The molecule has 1 saturated carbocycles. The topological polar surface area (TPSA) is 56.0 Å². The molecule has 17 heavy (non-hydrogen) atoms. The van der Waals surface area contributed by atoms with Crippen LogP contribution in [0.4, 0.5) is 0 Å². The van der Waals surface area contributed by atoms with Gasteiger partial charge in [-0.3, -0.25) is 9.78 Å². The van der Waals surface area contributed by atoms with Gasteiger partial charge in [-0.25, -0.2) is 0 Å². The van der Waals surface area contributed by atoms with Crippen molar-refractivity contribution in [3.05, 3.63) is 30.1 Å². The van der Waals surface area contributed by atoms with Crippen LogP contribution in [-0.4, -0.2) is 17.3 Å². The Kier molecular flexibility index (Phi) is 4.26. The van der Waals surface area contributed by atoms with Gasteiger partial charge in [-0.05, 0) is 50.3 Å². The average Bonchev–Trinajstić information content (AvgIpc) is 2.40. The lowest BCUT2D eigenvalue weighted by atomic mass is 9.79. The van der Waals surface area contributed by atoms with Crippen LogP contribution in [0, 0.1) is 11.8 Å². The lowest BCUT2D eigenvalue weighted by molar-refractivity contribution is -0.123. The minimum Gasteiger partial charge on any atom is -0.330 e. The number of hydrogen-bond acceptors (Lipinski definition) is 3. The van der Waals surface area contributed by atoms with Crippen LogP contribution in [0.3, 0.4) is 0 Å². The van der Waals surface area contributed by atoms with Gasteiger partial charge in [0.25, 0.3) is 0 Å². The molecule has 1 fully saturated rings. The van der Waals surface area contributed by atoms with E-state index in [1.165, 1.54) is 0 Å². The van der Waals surface area contributed by atoms with Gasteiger partial charge in [-0.1, -0.05) is 6.07 Å². The second kappa shape index (κ2) is 5.92. The van der Waals surface area contributed by atoms with Crippen LogP contribution < -0.4 is 5.73 Å². The number of hydrogen-bond donors (Lipinski definition) is 1. The Morgan fingerprint density at radius 1 is 1.29 bits per heavy atom. The number of rotatable bonds is 4. The van der Waals surface area contributed by atoms with Crippen LogP contribution in [-0.2, 0) is 11.2 Å². The maximum atomic E-state index is 12.1. The van der Waals surface area contributed by atoms with E-state index in [0.29, 0.717) is 18.1 Å². The fourth-order valence-corrected chi connectivity index (χ4v) is 2.55. The number of pyridine rings is 1. The van der Waals surface area contributed by atoms with Crippen LogP contribution in [0.5, 0.6) is 0 Å². The van der Waals surface area contributed by atoms with Crippen molar-refractivity contribution in [3.63, 3.8) is 0 Å². The zero-order chi connectivity index (χ0) is 12.1. The minimum absolute atomic E-state index is 0.236. The van der Waals surface area contributed by atoms with Gasteiger partial charge in [0.2, 0.25) is 0 Å². The smallest absolute Gasteiger partial charge is 0.141 e. The van der Waals surface area contributed by atoms with Crippen LogP contribution in [0.2, 0.25) is 0 Å². The quantitative estimate of drug-likeness (QED) is 0.863. The third-order valence-corrected chi connectivity index (χ3v) is 3.72. The second-order valence-corrected chi connectivity index (χ2v) is 4.92. The first kappa shape index (κ1) is 12.2. The van der Waals surface area contributed by atoms with E-state index < -0.39 is 0 Å². The number of carbonyl (C=O) groups is 1. The predicted molar refractivity (Wildman–Crippen MR) is 67.5 cm³/mol. The molecule has 3 heteroatoms. The van der Waals surface area contributed by atoms with Crippen LogP contribution in [0.1, 0.15) is 31.4 Å². The van der Waals surface area contributed by atoms with E-state index in [-0.39, 0.29) is 5.92 Å². The van der Waals surface area contributed by atoms with Crippen molar-refractivity contribution in [1.29, 1.82) is 0 Å². The Labute approximate surface area is 102 Å². The number of aromatic nitrogens is 1. The maximum Gasteiger partial charge on any atom is 0.141 e. The molecule has 0 spiro atoms. The summed E-state index contributed by atoms with van der Waals surface area (Å²) in [4.78, 5) is 16.3. The molecular weight excluding hydrogens is 212 g/mol. The lowest BCUT2D eigenvalue weighted by Crippen LogP contribution is -2.26. The van der Waals surface area contributed by atoms with Crippen molar-refractivity contribution in [3.8, 4) is 0 Å². The fourth-order valence-electron chi connectivity index (χ4n) is 2.55. The number of nitrogens with two attached hydrogens (primary N) is 1.